The third kappa shape index (κ3) is 3.74. The van der Waals surface area contributed by atoms with E-state index < -0.39 is 11.7 Å². The van der Waals surface area contributed by atoms with E-state index in [9.17, 15) is 14.0 Å². The molecule has 2 aromatic rings. The predicted octanol–water partition coefficient (Wildman–Crippen LogP) is 3.60. The maximum Gasteiger partial charge on any atom is 0.228 e. The Hall–Kier alpha value is -2.21. The summed E-state index contributed by atoms with van der Waals surface area (Å²) in [6.45, 7) is 0.656. The minimum absolute atomic E-state index is 0.105. The Morgan fingerprint density at radius 2 is 1.92 bits per heavy atom. The Morgan fingerprint density at radius 1 is 1.24 bits per heavy atom. The van der Waals surface area contributed by atoms with Crippen LogP contribution in [0.3, 0.4) is 0 Å². The van der Waals surface area contributed by atoms with E-state index in [-0.39, 0.29) is 30.5 Å². The molecule has 1 unspecified atom stereocenters. The van der Waals surface area contributed by atoms with E-state index in [2.05, 4.69) is 15.9 Å². The van der Waals surface area contributed by atoms with Gasteiger partial charge in [-0.1, -0.05) is 46.3 Å². The standard InChI is InChI=1S/C19H18BrFN2O2/c1-22(11-13-6-2-3-7-15(13)20)19(25)14-10-18(24)23(12-14)17-9-5-4-8-16(17)21/h2-9,14H,10-12H2,1H3. The molecule has 1 aliphatic heterocycles. The zero-order valence-electron chi connectivity index (χ0n) is 13.8. The highest BCUT2D eigenvalue weighted by Crippen LogP contribution is 2.28. The third-order valence-corrected chi connectivity index (χ3v) is 5.13. The molecule has 2 aromatic carbocycles. The quantitative estimate of drug-likeness (QED) is 0.780. The second kappa shape index (κ2) is 7.35. The summed E-state index contributed by atoms with van der Waals surface area (Å²) < 4.78 is 14.9. The van der Waals surface area contributed by atoms with Gasteiger partial charge in [-0.15, -0.1) is 0 Å². The van der Waals surface area contributed by atoms with Crippen molar-refractivity contribution in [1.29, 1.82) is 0 Å². The number of carbonyl (C=O) groups excluding carboxylic acids is 2. The lowest BCUT2D eigenvalue weighted by Gasteiger charge is -2.22. The molecule has 130 valence electrons. The average Bonchev–Trinajstić information content (AvgIpc) is 2.98. The minimum Gasteiger partial charge on any atom is -0.341 e. The predicted molar refractivity (Wildman–Crippen MR) is 97.5 cm³/mol. The fourth-order valence-electron chi connectivity index (χ4n) is 3.05. The van der Waals surface area contributed by atoms with Gasteiger partial charge in [0.2, 0.25) is 11.8 Å². The normalized spacial score (nSPS) is 17.0. The van der Waals surface area contributed by atoms with Gasteiger partial charge in [-0.2, -0.15) is 0 Å². The van der Waals surface area contributed by atoms with E-state index in [1.165, 1.54) is 11.0 Å². The SMILES string of the molecule is CN(Cc1ccccc1Br)C(=O)C1CC(=O)N(c2ccccc2F)C1. The number of halogens is 2. The van der Waals surface area contributed by atoms with E-state index in [1.54, 1.807) is 30.1 Å². The summed E-state index contributed by atoms with van der Waals surface area (Å²) in [5.41, 5.74) is 1.23. The largest absolute Gasteiger partial charge is 0.341 e. The molecule has 2 amide bonds. The van der Waals surface area contributed by atoms with Gasteiger partial charge in [0, 0.05) is 31.0 Å². The van der Waals surface area contributed by atoms with Gasteiger partial charge in [-0.25, -0.2) is 4.39 Å². The van der Waals surface area contributed by atoms with Crippen LogP contribution in [0, 0.1) is 11.7 Å². The highest BCUT2D eigenvalue weighted by molar-refractivity contribution is 9.10. The molecule has 0 aromatic heterocycles. The van der Waals surface area contributed by atoms with Crippen molar-refractivity contribution < 1.29 is 14.0 Å². The Labute approximate surface area is 154 Å². The van der Waals surface area contributed by atoms with Gasteiger partial charge in [0.05, 0.1) is 11.6 Å². The first kappa shape index (κ1) is 17.6. The molecule has 25 heavy (non-hydrogen) atoms. The van der Waals surface area contributed by atoms with Crippen molar-refractivity contribution in [2.45, 2.75) is 13.0 Å². The molecule has 1 fully saturated rings. The van der Waals surface area contributed by atoms with Crippen LogP contribution in [0.15, 0.2) is 53.0 Å². The molecule has 4 nitrogen and oxygen atoms in total. The fourth-order valence-corrected chi connectivity index (χ4v) is 3.46. The summed E-state index contributed by atoms with van der Waals surface area (Å²) in [5.74, 6) is -1.24. The van der Waals surface area contributed by atoms with Crippen molar-refractivity contribution in [3.8, 4) is 0 Å². The molecule has 0 N–H and O–H groups in total. The molecule has 3 rings (SSSR count). The molecule has 1 aliphatic rings. The fraction of sp³-hybridized carbons (Fsp3) is 0.263. The lowest BCUT2D eigenvalue weighted by Crippen LogP contribution is -2.34. The molecular weight excluding hydrogens is 387 g/mol. The molecule has 0 radical (unpaired) electrons. The van der Waals surface area contributed by atoms with Gasteiger partial charge in [0.25, 0.3) is 0 Å². The van der Waals surface area contributed by atoms with E-state index in [0.717, 1.165) is 10.0 Å². The van der Waals surface area contributed by atoms with Gasteiger partial charge in [-0.3, -0.25) is 9.59 Å². The number of amides is 2. The molecule has 1 saturated heterocycles. The second-order valence-electron chi connectivity index (χ2n) is 6.14. The van der Waals surface area contributed by atoms with Crippen LogP contribution < -0.4 is 4.90 Å². The number of carbonyl (C=O) groups is 2. The molecular formula is C19H18BrFN2O2. The monoisotopic (exact) mass is 404 g/mol. The molecule has 0 saturated carbocycles. The van der Waals surface area contributed by atoms with Crippen LogP contribution in [0.2, 0.25) is 0 Å². The van der Waals surface area contributed by atoms with Gasteiger partial charge in [0.15, 0.2) is 0 Å². The number of benzene rings is 2. The summed E-state index contributed by atoms with van der Waals surface area (Å²) in [6.07, 6.45) is 0.105. The Bertz CT molecular complexity index is 812. The number of rotatable bonds is 4. The molecule has 0 spiro atoms. The van der Waals surface area contributed by atoms with Crippen molar-refractivity contribution in [2.75, 3.05) is 18.5 Å². The first-order valence-corrected chi connectivity index (χ1v) is 8.80. The van der Waals surface area contributed by atoms with Crippen molar-refractivity contribution in [1.82, 2.24) is 4.90 Å². The van der Waals surface area contributed by atoms with Crippen LogP contribution in [0.25, 0.3) is 0 Å². The first-order chi connectivity index (χ1) is 12.0. The van der Waals surface area contributed by atoms with Crippen LogP contribution in [-0.4, -0.2) is 30.3 Å². The number of nitrogens with zero attached hydrogens (tertiary/aromatic N) is 2. The van der Waals surface area contributed by atoms with Crippen LogP contribution in [0.4, 0.5) is 10.1 Å². The number of anilines is 1. The van der Waals surface area contributed by atoms with Crippen LogP contribution >= 0.6 is 15.9 Å². The van der Waals surface area contributed by atoms with Gasteiger partial charge in [0.1, 0.15) is 5.82 Å². The maximum atomic E-state index is 13.9. The maximum absolute atomic E-state index is 13.9. The zero-order valence-corrected chi connectivity index (χ0v) is 15.4. The number of hydrogen-bond acceptors (Lipinski definition) is 2. The molecule has 1 heterocycles. The van der Waals surface area contributed by atoms with Crippen molar-refractivity contribution >= 4 is 33.4 Å². The topological polar surface area (TPSA) is 40.6 Å². The Kier molecular flexibility index (Phi) is 5.18. The third-order valence-electron chi connectivity index (χ3n) is 4.36. The molecule has 1 atom stereocenters. The summed E-state index contributed by atoms with van der Waals surface area (Å²) in [6, 6.07) is 13.8. The van der Waals surface area contributed by atoms with E-state index in [0.29, 0.717) is 6.54 Å². The average molecular weight is 405 g/mol. The van der Waals surface area contributed by atoms with Crippen LogP contribution in [0.5, 0.6) is 0 Å². The summed E-state index contributed by atoms with van der Waals surface area (Å²) in [4.78, 5) is 27.9. The molecule has 0 bridgehead atoms. The number of para-hydroxylation sites is 1. The lowest BCUT2D eigenvalue weighted by molar-refractivity contribution is -0.135. The zero-order chi connectivity index (χ0) is 18.0. The highest BCUT2D eigenvalue weighted by atomic mass is 79.9. The minimum atomic E-state index is -0.459. The van der Waals surface area contributed by atoms with E-state index in [1.807, 2.05) is 24.3 Å². The summed E-state index contributed by atoms with van der Waals surface area (Å²) in [5, 5.41) is 0. The van der Waals surface area contributed by atoms with Crippen molar-refractivity contribution in [2.24, 2.45) is 5.92 Å². The summed E-state index contributed by atoms with van der Waals surface area (Å²) in [7, 11) is 1.72. The van der Waals surface area contributed by atoms with Crippen LogP contribution in [0.1, 0.15) is 12.0 Å². The Morgan fingerprint density at radius 3 is 2.64 bits per heavy atom. The lowest BCUT2D eigenvalue weighted by atomic mass is 10.1. The highest BCUT2D eigenvalue weighted by Gasteiger charge is 2.37. The summed E-state index contributed by atoms with van der Waals surface area (Å²) >= 11 is 3.47. The van der Waals surface area contributed by atoms with Gasteiger partial charge >= 0.3 is 0 Å². The second-order valence-corrected chi connectivity index (χ2v) is 7.00. The Balaban J connectivity index is 1.70. The molecule has 0 aliphatic carbocycles. The first-order valence-electron chi connectivity index (χ1n) is 8.00. The van der Waals surface area contributed by atoms with E-state index >= 15 is 0 Å². The van der Waals surface area contributed by atoms with E-state index in [4.69, 9.17) is 0 Å². The number of hydrogen-bond donors (Lipinski definition) is 0. The van der Waals surface area contributed by atoms with Gasteiger partial charge in [-0.05, 0) is 23.8 Å². The van der Waals surface area contributed by atoms with Gasteiger partial charge < -0.3 is 9.80 Å². The van der Waals surface area contributed by atoms with Crippen molar-refractivity contribution in [3.05, 3.63) is 64.4 Å². The molecule has 6 heteroatoms. The van der Waals surface area contributed by atoms with Crippen LogP contribution in [-0.2, 0) is 16.1 Å². The van der Waals surface area contributed by atoms with Crippen molar-refractivity contribution in [3.63, 3.8) is 0 Å². The smallest absolute Gasteiger partial charge is 0.228 e.